The molecule has 0 aliphatic carbocycles. The molecule has 0 N–H and O–H groups in total. The number of amides is 2. The van der Waals surface area contributed by atoms with Crippen LogP contribution in [0.3, 0.4) is 0 Å². The molecule has 1 fully saturated rings. The molecule has 33 heavy (non-hydrogen) atoms. The van der Waals surface area contributed by atoms with Gasteiger partial charge in [0.15, 0.2) is 0 Å². The first kappa shape index (κ1) is 23.1. The number of aryl methyl sites for hydroxylation is 1. The molecule has 3 aromatic rings. The van der Waals surface area contributed by atoms with Crippen LogP contribution in [0, 0.1) is 12.7 Å². The molecule has 1 unspecified atom stereocenters. The largest absolute Gasteiger partial charge is 0.274 e. The van der Waals surface area contributed by atoms with Crippen molar-refractivity contribution in [2.45, 2.75) is 30.8 Å². The van der Waals surface area contributed by atoms with E-state index in [-0.39, 0.29) is 17.9 Å². The summed E-state index contributed by atoms with van der Waals surface area (Å²) in [7, 11) is -4.20. The maximum Gasteiger partial charge on any atom is 0.252 e. The van der Waals surface area contributed by atoms with Gasteiger partial charge in [-0.1, -0.05) is 41.4 Å². The molecular formula is C24H20ClFN2O4S. The SMILES string of the molecule is Cc1ccc(N2C(=O)CC(N(Cc3ccc(F)cc3)S(=O)(=O)c3ccc(Cl)cc3)C2=O)cc1. The number of halogens is 2. The molecule has 1 heterocycles. The monoisotopic (exact) mass is 486 g/mol. The topological polar surface area (TPSA) is 74.8 Å². The number of hydrogen-bond acceptors (Lipinski definition) is 4. The Morgan fingerprint density at radius 3 is 2.18 bits per heavy atom. The molecule has 1 aliphatic heterocycles. The van der Waals surface area contributed by atoms with Crippen LogP contribution in [0.5, 0.6) is 0 Å². The molecule has 2 amide bonds. The quantitative estimate of drug-likeness (QED) is 0.486. The number of rotatable bonds is 6. The van der Waals surface area contributed by atoms with Gasteiger partial charge >= 0.3 is 0 Å². The van der Waals surface area contributed by atoms with Crippen molar-refractivity contribution in [3.8, 4) is 0 Å². The minimum Gasteiger partial charge on any atom is -0.274 e. The summed E-state index contributed by atoms with van der Waals surface area (Å²) < 4.78 is 41.5. The first-order valence-corrected chi connectivity index (χ1v) is 11.9. The fourth-order valence-corrected chi connectivity index (χ4v) is 5.38. The van der Waals surface area contributed by atoms with Gasteiger partial charge < -0.3 is 0 Å². The molecule has 1 aliphatic rings. The van der Waals surface area contributed by atoms with Gasteiger partial charge in [-0.15, -0.1) is 0 Å². The zero-order chi connectivity index (χ0) is 23.8. The first-order chi connectivity index (χ1) is 15.7. The van der Waals surface area contributed by atoms with E-state index >= 15 is 0 Å². The van der Waals surface area contributed by atoms with Gasteiger partial charge in [0.1, 0.15) is 11.9 Å². The van der Waals surface area contributed by atoms with Crippen molar-refractivity contribution in [1.82, 2.24) is 4.31 Å². The third-order valence-corrected chi connectivity index (χ3v) is 7.56. The summed E-state index contributed by atoms with van der Waals surface area (Å²) in [5.41, 5.74) is 1.81. The maximum absolute atomic E-state index is 13.6. The highest BCUT2D eigenvalue weighted by Gasteiger charge is 2.47. The highest BCUT2D eigenvalue weighted by molar-refractivity contribution is 7.89. The van der Waals surface area contributed by atoms with Crippen LogP contribution >= 0.6 is 11.6 Å². The standard InChI is InChI=1S/C24H20ClFN2O4S/c1-16-2-10-20(11-3-16)28-23(29)14-22(24(28)30)27(15-17-4-8-19(26)9-5-17)33(31,32)21-12-6-18(25)7-13-21/h2-13,22H,14-15H2,1H3. The molecule has 0 saturated carbocycles. The van der Waals surface area contributed by atoms with Gasteiger partial charge in [0.2, 0.25) is 15.9 Å². The maximum atomic E-state index is 13.6. The number of carbonyl (C=O) groups excluding carboxylic acids is 2. The summed E-state index contributed by atoms with van der Waals surface area (Å²) in [4.78, 5) is 27.1. The molecule has 1 atom stereocenters. The zero-order valence-corrected chi connectivity index (χ0v) is 19.2. The molecule has 0 bridgehead atoms. The predicted octanol–water partition coefficient (Wildman–Crippen LogP) is 4.31. The normalized spacial score (nSPS) is 16.6. The second kappa shape index (κ2) is 9.05. The summed E-state index contributed by atoms with van der Waals surface area (Å²) in [5, 5.41) is 0.358. The molecule has 9 heteroatoms. The lowest BCUT2D eigenvalue weighted by molar-refractivity contribution is -0.122. The second-order valence-electron chi connectivity index (χ2n) is 7.75. The van der Waals surface area contributed by atoms with Crippen LogP contribution in [0.4, 0.5) is 10.1 Å². The fourth-order valence-electron chi connectivity index (χ4n) is 3.68. The van der Waals surface area contributed by atoms with Crippen molar-refractivity contribution >= 4 is 39.1 Å². The van der Waals surface area contributed by atoms with E-state index in [9.17, 15) is 22.4 Å². The fraction of sp³-hybridized carbons (Fsp3) is 0.167. The number of sulfonamides is 1. The van der Waals surface area contributed by atoms with Crippen LogP contribution in [0.15, 0.2) is 77.7 Å². The first-order valence-electron chi connectivity index (χ1n) is 10.1. The van der Waals surface area contributed by atoms with Crippen LogP contribution in [-0.4, -0.2) is 30.6 Å². The Hall–Kier alpha value is -3.07. The lowest BCUT2D eigenvalue weighted by Crippen LogP contribution is -2.45. The zero-order valence-electron chi connectivity index (χ0n) is 17.6. The van der Waals surface area contributed by atoms with Crippen molar-refractivity contribution in [2.24, 2.45) is 0 Å². The Morgan fingerprint density at radius 2 is 1.58 bits per heavy atom. The Bertz CT molecular complexity index is 1290. The predicted molar refractivity (Wildman–Crippen MR) is 123 cm³/mol. The van der Waals surface area contributed by atoms with Gasteiger partial charge in [-0.25, -0.2) is 17.7 Å². The van der Waals surface area contributed by atoms with Gasteiger partial charge in [-0.3, -0.25) is 9.59 Å². The van der Waals surface area contributed by atoms with E-state index in [0.717, 1.165) is 14.8 Å². The van der Waals surface area contributed by atoms with Crippen molar-refractivity contribution < 1.29 is 22.4 Å². The summed E-state index contributed by atoms with van der Waals surface area (Å²) >= 11 is 5.90. The van der Waals surface area contributed by atoms with Gasteiger partial charge in [0, 0.05) is 11.6 Å². The third kappa shape index (κ3) is 4.68. The summed E-state index contributed by atoms with van der Waals surface area (Å²) in [6.45, 7) is 1.67. The van der Waals surface area contributed by atoms with E-state index in [2.05, 4.69) is 0 Å². The number of hydrogen-bond donors (Lipinski definition) is 0. The number of nitrogens with zero attached hydrogens (tertiary/aromatic N) is 2. The third-order valence-electron chi connectivity index (χ3n) is 5.43. The molecule has 170 valence electrons. The molecule has 6 nitrogen and oxygen atoms in total. The van der Waals surface area contributed by atoms with E-state index in [1.54, 1.807) is 24.3 Å². The molecule has 3 aromatic carbocycles. The highest BCUT2D eigenvalue weighted by Crippen LogP contribution is 2.31. The molecule has 4 rings (SSSR count). The number of imide groups is 1. The van der Waals surface area contributed by atoms with E-state index in [4.69, 9.17) is 11.6 Å². The Balaban J connectivity index is 1.74. The van der Waals surface area contributed by atoms with Crippen LogP contribution in [0.1, 0.15) is 17.5 Å². The van der Waals surface area contributed by atoms with E-state index in [1.165, 1.54) is 48.5 Å². The Morgan fingerprint density at radius 1 is 0.970 bits per heavy atom. The molecule has 0 aromatic heterocycles. The number of anilines is 1. The van der Waals surface area contributed by atoms with E-state index in [0.29, 0.717) is 16.3 Å². The van der Waals surface area contributed by atoms with Gasteiger partial charge in [0.25, 0.3) is 5.91 Å². The van der Waals surface area contributed by atoms with Gasteiger partial charge in [-0.2, -0.15) is 4.31 Å². The average Bonchev–Trinajstić information content (AvgIpc) is 3.07. The average molecular weight is 487 g/mol. The van der Waals surface area contributed by atoms with Crippen molar-refractivity contribution in [2.75, 3.05) is 4.90 Å². The smallest absolute Gasteiger partial charge is 0.252 e. The Labute approximate surface area is 196 Å². The molecule has 1 saturated heterocycles. The summed E-state index contributed by atoms with van der Waals surface area (Å²) in [6.07, 6.45) is -0.305. The second-order valence-corrected chi connectivity index (χ2v) is 10.1. The molecule has 0 radical (unpaired) electrons. The van der Waals surface area contributed by atoms with Crippen molar-refractivity contribution in [1.29, 1.82) is 0 Å². The summed E-state index contributed by atoms with van der Waals surface area (Å²) in [5.74, 6) is -1.60. The number of benzene rings is 3. The van der Waals surface area contributed by atoms with Crippen LogP contribution < -0.4 is 4.90 Å². The number of carbonyl (C=O) groups is 2. The summed E-state index contributed by atoms with van der Waals surface area (Å²) in [6, 6.07) is 16.4. The minimum absolute atomic E-state index is 0.0666. The van der Waals surface area contributed by atoms with Crippen molar-refractivity contribution in [3.63, 3.8) is 0 Å². The van der Waals surface area contributed by atoms with E-state index < -0.39 is 33.7 Å². The van der Waals surface area contributed by atoms with Crippen LogP contribution in [-0.2, 0) is 26.2 Å². The molecular weight excluding hydrogens is 467 g/mol. The minimum atomic E-state index is -4.20. The van der Waals surface area contributed by atoms with Crippen LogP contribution in [0.2, 0.25) is 5.02 Å². The highest BCUT2D eigenvalue weighted by atomic mass is 35.5. The van der Waals surface area contributed by atoms with Gasteiger partial charge in [-0.05, 0) is 61.0 Å². The Kier molecular flexibility index (Phi) is 6.34. The van der Waals surface area contributed by atoms with Crippen molar-refractivity contribution in [3.05, 3.63) is 94.8 Å². The lowest BCUT2D eigenvalue weighted by Gasteiger charge is -2.27. The van der Waals surface area contributed by atoms with Gasteiger partial charge in [0.05, 0.1) is 17.0 Å². The van der Waals surface area contributed by atoms with Crippen LogP contribution in [0.25, 0.3) is 0 Å². The van der Waals surface area contributed by atoms with E-state index in [1.807, 2.05) is 6.92 Å². The lowest BCUT2D eigenvalue weighted by atomic mass is 10.2. The molecule has 0 spiro atoms.